The van der Waals surface area contributed by atoms with E-state index in [0.717, 1.165) is 0 Å². The van der Waals surface area contributed by atoms with Crippen LogP contribution in [0.2, 0.25) is 0 Å². The van der Waals surface area contributed by atoms with Crippen LogP contribution < -0.4 is 15.2 Å². The molecule has 5 nitrogen and oxygen atoms in total. The van der Waals surface area contributed by atoms with Gasteiger partial charge in [0.1, 0.15) is 17.3 Å². The number of hydrogen-bond donors (Lipinski definition) is 1. The number of Topliss-reactive ketones (excluding diaryl/α,β-unsaturated/α-hetero) is 1. The molecule has 0 atom stereocenters. The van der Waals surface area contributed by atoms with Gasteiger partial charge >= 0.3 is 0 Å². The van der Waals surface area contributed by atoms with Gasteiger partial charge in [-0.05, 0) is 30.7 Å². The van der Waals surface area contributed by atoms with Gasteiger partial charge in [0.25, 0.3) is 5.91 Å². The van der Waals surface area contributed by atoms with Crippen LogP contribution in [0, 0.1) is 12.7 Å². The van der Waals surface area contributed by atoms with Crippen molar-refractivity contribution in [3.05, 3.63) is 64.7 Å². The van der Waals surface area contributed by atoms with Crippen molar-refractivity contribution in [3.63, 3.8) is 0 Å². The van der Waals surface area contributed by atoms with Gasteiger partial charge in [0.05, 0.1) is 5.56 Å². The van der Waals surface area contributed by atoms with Crippen molar-refractivity contribution in [2.45, 2.75) is 6.92 Å². The number of nitrogens with two attached hydrogens (primary N) is 1. The van der Waals surface area contributed by atoms with Crippen LogP contribution in [0.5, 0.6) is 11.5 Å². The molecule has 122 valence electrons. The topological polar surface area (TPSA) is 78.6 Å². The summed E-state index contributed by atoms with van der Waals surface area (Å²) in [6, 6.07) is 9.22. The molecule has 1 amide bonds. The summed E-state index contributed by atoms with van der Waals surface area (Å²) < 4.78 is 24.5. The summed E-state index contributed by atoms with van der Waals surface area (Å²) in [6.07, 6.45) is 1.36. The van der Waals surface area contributed by atoms with Crippen molar-refractivity contribution in [2.75, 3.05) is 6.61 Å². The summed E-state index contributed by atoms with van der Waals surface area (Å²) in [6.45, 7) is 1.45. The van der Waals surface area contributed by atoms with Gasteiger partial charge in [-0.3, -0.25) is 9.59 Å². The minimum absolute atomic E-state index is 0.0326. The molecule has 1 aliphatic heterocycles. The molecule has 0 saturated carbocycles. The Hall–Kier alpha value is -3.15. The zero-order chi connectivity index (χ0) is 17.3. The number of rotatable bonds is 4. The van der Waals surface area contributed by atoms with Gasteiger partial charge in [-0.1, -0.05) is 18.2 Å². The lowest BCUT2D eigenvalue weighted by atomic mass is 10.0. The maximum Gasteiger partial charge on any atom is 0.255 e. The standard InChI is InChI=1S/C18H14FNO4/c1-10-6-12(23-9-16(20)21)8-14-17(10)18(22)15(24-14)7-11-4-2-3-5-13(11)19/h2-8H,9H2,1H3,(H2,20,21)/b15-7-. The van der Waals surface area contributed by atoms with Crippen LogP contribution in [-0.4, -0.2) is 18.3 Å². The number of halogens is 1. The Kier molecular flexibility index (Phi) is 4.04. The summed E-state index contributed by atoms with van der Waals surface area (Å²) >= 11 is 0. The lowest BCUT2D eigenvalue weighted by molar-refractivity contribution is -0.119. The number of fused-ring (bicyclic) bond motifs is 1. The largest absolute Gasteiger partial charge is 0.484 e. The van der Waals surface area contributed by atoms with Gasteiger partial charge in [0.2, 0.25) is 5.78 Å². The van der Waals surface area contributed by atoms with Crippen molar-refractivity contribution in [3.8, 4) is 11.5 Å². The van der Waals surface area contributed by atoms with Gasteiger partial charge in [0.15, 0.2) is 12.4 Å². The van der Waals surface area contributed by atoms with Crippen molar-refractivity contribution in [2.24, 2.45) is 5.73 Å². The molecule has 0 fully saturated rings. The molecule has 24 heavy (non-hydrogen) atoms. The molecule has 2 aromatic rings. The van der Waals surface area contributed by atoms with E-state index in [4.69, 9.17) is 15.2 Å². The maximum absolute atomic E-state index is 13.7. The van der Waals surface area contributed by atoms with Crippen LogP contribution in [0.3, 0.4) is 0 Å². The average molecular weight is 327 g/mol. The van der Waals surface area contributed by atoms with E-state index in [1.165, 1.54) is 18.2 Å². The fourth-order valence-corrected chi connectivity index (χ4v) is 2.45. The minimum atomic E-state index is -0.606. The summed E-state index contributed by atoms with van der Waals surface area (Å²) in [5.41, 5.74) is 6.33. The first-order valence-corrected chi connectivity index (χ1v) is 7.20. The second-order valence-electron chi connectivity index (χ2n) is 5.33. The van der Waals surface area contributed by atoms with Gasteiger partial charge in [-0.15, -0.1) is 0 Å². The lowest BCUT2D eigenvalue weighted by Gasteiger charge is -2.07. The Balaban J connectivity index is 1.94. The number of carbonyl (C=O) groups excluding carboxylic acids is 2. The van der Waals surface area contributed by atoms with Crippen LogP contribution in [0.15, 0.2) is 42.2 Å². The fourth-order valence-electron chi connectivity index (χ4n) is 2.45. The normalized spacial score (nSPS) is 14.4. The molecule has 0 spiro atoms. The molecule has 0 aliphatic carbocycles. The van der Waals surface area contributed by atoms with Crippen LogP contribution >= 0.6 is 0 Å². The van der Waals surface area contributed by atoms with E-state index in [9.17, 15) is 14.0 Å². The van der Waals surface area contributed by atoms with E-state index in [1.807, 2.05) is 0 Å². The predicted octanol–water partition coefficient (Wildman–Crippen LogP) is 2.61. The molecule has 0 unspecified atom stereocenters. The molecular weight excluding hydrogens is 313 g/mol. The van der Waals surface area contributed by atoms with Gasteiger partial charge in [-0.2, -0.15) is 0 Å². The van der Waals surface area contributed by atoms with Crippen molar-refractivity contribution in [1.29, 1.82) is 0 Å². The molecule has 1 heterocycles. The number of allylic oxidation sites excluding steroid dienone is 1. The van der Waals surface area contributed by atoms with Crippen LogP contribution in [0.25, 0.3) is 6.08 Å². The lowest BCUT2D eigenvalue weighted by Crippen LogP contribution is -2.20. The highest BCUT2D eigenvalue weighted by Gasteiger charge is 2.30. The van der Waals surface area contributed by atoms with E-state index in [2.05, 4.69) is 0 Å². The highest BCUT2D eigenvalue weighted by molar-refractivity contribution is 6.15. The number of hydrogen-bond acceptors (Lipinski definition) is 4. The first-order chi connectivity index (χ1) is 11.5. The average Bonchev–Trinajstić information content (AvgIpc) is 2.84. The zero-order valence-corrected chi connectivity index (χ0v) is 12.8. The SMILES string of the molecule is Cc1cc(OCC(N)=O)cc2c1C(=O)/C(=C/c1ccccc1F)O2. The Bertz CT molecular complexity index is 873. The Labute approximate surface area is 137 Å². The maximum atomic E-state index is 13.7. The second-order valence-corrected chi connectivity index (χ2v) is 5.33. The van der Waals surface area contributed by atoms with E-state index in [1.54, 1.807) is 31.2 Å². The molecule has 0 saturated heterocycles. The third-order valence-electron chi connectivity index (χ3n) is 3.52. The first-order valence-electron chi connectivity index (χ1n) is 7.20. The van der Waals surface area contributed by atoms with Crippen molar-refractivity contribution >= 4 is 17.8 Å². The number of carbonyl (C=O) groups is 2. The second kappa shape index (κ2) is 6.16. The molecule has 6 heteroatoms. The van der Waals surface area contributed by atoms with E-state index < -0.39 is 11.7 Å². The molecule has 0 aromatic heterocycles. The summed E-state index contributed by atoms with van der Waals surface area (Å²) in [5, 5.41) is 0. The molecule has 2 aromatic carbocycles. The highest BCUT2D eigenvalue weighted by Crippen LogP contribution is 2.37. The first kappa shape index (κ1) is 15.7. The number of ketones is 1. The summed E-state index contributed by atoms with van der Waals surface area (Å²) in [4.78, 5) is 23.3. The van der Waals surface area contributed by atoms with Gasteiger partial charge < -0.3 is 15.2 Å². The molecular formula is C18H14FNO4. The molecule has 0 bridgehead atoms. The number of ether oxygens (including phenoxy) is 2. The molecule has 1 aliphatic rings. The van der Waals surface area contributed by atoms with Gasteiger partial charge in [0, 0.05) is 11.6 Å². The summed E-state index contributed by atoms with van der Waals surface area (Å²) in [5.74, 6) is -0.672. The molecule has 2 N–H and O–H groups in total. The Morgan fingerprint density at radius 2 is 2.08 bits per heavy atom. The highest BCUT2D eigenvalue weighted by atomic mass is 19.1. The van der Waals surface area contributed by atoms with E-state index in [0.29, 0.717) is 22.6 Å². The fraction of sp³-hybridized carbons (Fsp3) is 0.111. The van der Waals surface area contributed by atoms with Crippen molar-refractivity contribution in [1.82, 2.24) is 0 Å². The Morgan fingerprint density at radius 1 is 1.33 bits per heavy atom. The monoisotopic (exact) mass is 327 g/mol. The predicted molar refractivity (Wildman–Crippen MR) is 85.2 cm³/mol. The van der Waals surface area contributed by atoms with Crippen LogP contribution in [0.4, 0.5) is 4.39 Å². The summed E-state index contributed by atoms with van der Waals surface area (Å²) in [7, 11) is 0. The van der Waals surface area contributed by atoms with Crippen LogP contribution in [-0.2, 0) is 4.79 Å². The van der Waals surface area contributed by atoms with E-state index in [-0.39, 0.29) is 23.7 Å². The number of amides is 1. The number of primary amides is 1. The number of benzene rings is 2. The zero-order valence-electron chi connectivity index (χ0n) is 12.8. The molecule has 0 radical (unpaired) electrons. The van der Waals surface area contributed by atoms with Gasteiger partial charge in [-0.25, -0.2) is 4.39 Å². The minimum Gasteiger partial charge on any atom is -0.484 e. The third-order valence-corrected chi connectivity index (χ3v) is 3.52. The molecule has 3 rings (SSSR count). The number of aryl methyl sites for hydroxylation is 1. The quantitative estimate of drug-likeness (QED) is 0.876. The third kappa shape index (κ3) is 2.99. The van der Waals surface area contributed by atoms with Crippen molar-refractivity contribution < 1.29 is 23.5 Å². The van der Waals surface area contributed by atoms with E-state index >= 15 is 0 Å². The van der Waals surface area contributed by atoms with Crippen LogP contribution in [0.1, 0.15) is 21.5 Å². The smallest absolute Gasteiger partial charge is 0.255 e. The Morgan fingerprint density at radius 3 is 2.79 bits per heavy atom.